The molecule has 7 heteroatoms. The summed E-state index contributed by atoms with van der Waals surface area (Å²) in [4.78, 5) is 9.04. The van der Waals surface area contributed by atoms with Crippen LogP contribution in [-0.4, -0.2) is 59.9 Å². The minimum atomic E-state index is 0.618. The first-order valence-corrected chi connectivity index (χ1v) is 7.88. The summed E-state index contributed by atoms with van der Waals surface area (Å²) in [6.45, 7) is 6.43. The molecule has 3 rings (SSSR count). The van der Waals surface area contributed by atoms with E-state index < -0.39 is 0 Å². The molecule has 0 spiro atoms. The van der Waals surface area contributed by atoms with E-state index in [2.05, 4.69) is 37.3 Å². The number of ether oxygens (including phenoxy) is 1. The molecule has 7 nitrogen and oxygen atoms in total. The number of rotatable bonds is 5. The van der Waals surface area contributed by atoms with Crippen molar-refractivity contribution in [1.29, 1.82) is 0 Å². The maximum Gasteiger partial charge on any atom is 0.247 e. The Bertz CT molecular complexity index is 642. The number of nitrogens with zero attached hydrogens (tertiary/aromatic N) is 5. The number of aromatic nitrogens is 3. The van der Waals surface area contributed by atoms with Crippen LogP contribution in [0.25, 0.3) is 0 Å². The first kappa shape index (κ1) is 15.5. The third kappa shape index (κ3) is 3.87. The molecule has 1 fully saturated rings. The number of hydrogen-bond acceptors (Lipinski definition) is 7. The quantitative estimate of drug-likeness (QED) is 0.902. The second kappa shape index (κ2) is 7.23. The van der Waals surface area contributed by atoms with Crippen LogP contribution in [0.3, 0.4) is 0 Å². The van der Waals surface area contributed by atoms with Crippen LogP contribution in [0.2, 0.25) is 0 Å². The number of likely N-dealkylation sites (N-methyl/N-ethyl adjacent to an activating group) is 1. The van der Waals surface area contributed by atoms with Gasteiger partial charge in [-0.05, 0) is 26.1 Å². The van der Waals surface area contributed by atoms with Crippen molar-refractivity contribution in [2.45, 2.75) is 6.92 Å². The lowest BCUT2D eigenvalue weighted by Crippen LogP contribution is -2.45. The largest absolute Gasteiger partial charge is 0.492 e. The van der Waals surface area contributed by atoms with Crippen molar-refractivity contribution < 1.29 is 4.74 Å². The summed E-state index contributed by atoms with van der Waals surface area (Å²) in [7, 11) is 2.12. The van der Waals surface area contributed by atoms with Gasteiger partial charge >= 0.3 is 0 Å². The Labute approximate surface area is 136 Å². The molecule has 23 heavy (non-hydrogen) atoms. The fraction of sp³-hybridized carbons (Fsp3) is 0.438. The summed E-state index contributed by atoms with van der Waals surface area (Å²) in [5.41, 5.74) is 0.874. The smallest absolute Gasteiger partial charge is 0.247 e. The average molecular weight is 314 g/mol. The van der Waals surface area contributed by atoms with Crippen LogP contribution in [0, 0.1) is 0 Å². The van der Waals surface area contributed by atoms with Gasteiger partial charge in [0.05, 0.1) is 18.5 Å². The van der Waals surface area contributed by atoms with Gasteiger partial charge in [-0.3, -0.25) is 0 Å². The zero-order valence-electron chi connectivity index (χ0n) is 13.6. The number of para-hydroxylation sites is 2. The number of hydrogen-bond donors (Lipinski definition) is 1. The van der Waals surface area contributed by atoms with Gasteiger partial charge in [-0.25, -0.2) is 0 Å². The molecule has 1 aromatic heterocycles. The number of anilines is 3. The van der Waals surface area contributed by atoms with Crippen LogP contribution in [0.5, 0.6) is 5.75 Å². The third-order valence-electron chi connectivity index (χ3n) is 3.78. The Hall–Kier alpha value is -2.41. The summed E-state index contributed by atoms with van der Waals surface area (Å²) in [6.07, 6.45) is 1.63. The Balaban J connectivity index is 1.75. The van der Waals surface area contributed by atoms with Gasteiger partial charge < -0.3 is 19.9 Å². The lowest BCUT2D eigenvalue weighted by atomic mass is 10.3. The fourth-order valence-corrected chi connectivity index (χ4v) is 2.48. The maximum absolute atomic E-state index is 5.63. The minimum absolute atomic E-state index is 0.618. The third-order valence-corrected chi connectivity index (χ3v) is 3.78. The molecule has 0 unspecified atom stereocenters. The maximum atomic E-state index is 5.63. The predicted molar refractivity (Wildman–Crippen MR) is 90.4 cm³/mol. The van der Waals surface area contributed by atoms with Gasteiger partial charge in [0.2, 0.25) is 5.95 Å². The van der Waals surface area contributed by atoms with Crippen molar-refractivity contribution in [3.63, 3.8) is 0 Å². The van der Waals surface area contributed by atoms with Gasteiger partial charge in [-0.15, -0.1) is 5.10 Å². The average Bonchev–Trinajstić information content (AvgIpc) is 2.58. The highest BCUT2D eigenvalue weighted by atomic mass is 16.5. The molecular formula is C16H22N6O. The van der Waals surface area contributed by atoms with E-state index in [1.54, 1.807) is 6.20 Å². The van der Waals surface area contributed by atoms with Gasteiger partial charge in [0.25, 0.3) is 0 Å². The molecule has 0 saturated carbocycles. The number of nitrogens with one attached hydrogen (secondary N) is 1. The lowest BCUT2D eigenvalue weighted by molar-refractivity contribution is 0.311. The van der Waals surface area contributed by atoms with Crippen molar-refractivity contribution in [3.8, 4) is 5.75 Å². The van der Waals surface area contributed by atoms with E-state index >= 15 is 0 Å². The van der Waals surface area contributed by atoms with Crippen molar-refractivity contribution >= 4 is 17.5 Å². The molecule has 0 atom stereocenters. The summed E-state index contributed by atoms with van der Waals surface area (Å²) in [6, 6.07) is 7.80. The molecule has 0 amide bonds. The second-order valence-electron chi connectivity index (χ2n) is 5.49. The summed E-state index contributed by atoms with van der Waals surface area (Å²) >= 11 is 0. The van der Waals surface area contributed by atoms with Gasteiger partial charge in [0.1, 0.15) is 5.75 Å². The summed E-state index contributed by atoms with van der Waals surface area (Å²) in [5, 5.41) is 11.5. The van der Waals surface area contributed by atoms with E-state index in [1.165, 1.54) is 0 Å². The Morgan fingerprint density at radius 2 is 1.96 bits per heavy atom. The van der Waals surface area contributed by atoms with Crippen molar-refractivity contribution in [2.75, 3.05) is 50.1 Å². The highest BCUT2D eigenvalue weighted by Gasteiger charge is 2.17. The van der Waals surface area contributed by atoms with Crippen LogP contribution < -0.4 is 15.0 Å². The van der Waals surface area contributed by atoms with Crippen LogP contribution in [0.4, 0.5) is 17.5 Å². The van der Waals surface area contributed by atoms with Crippen molar-refractivity contribution in [1.82, 2.24) is 20.1 Å². The van der Waals surface area contributed by atoms with E-state index in [1.807, 2.05) is 31.2 Å². The molecule has 1 aliphatic heterocycles. The van der Waals surface area contributed by atoms with E-state index in [9.17, 15) is 0 Å². The SMILES string of the molecule is CCOc1ccccc1Nc1cnnc(N2CCN(C)CC2)n1. The van der Waals surface area contributed by atoms with Crippen molar-refractivity contribution in [3.05, 3.63) is 30.5 Å². The van der Waals surface area contributed by atoms with E-state index in [4.69, 9.17) is 4.74 Å². The normalized spacial score (nSPS) is 15.5. The molecule has 1 aliphatic rings. The molecule has 2 heterocycles. The molecule has 0 radical (unpaired) electrons. The molecule has 1 aromatic carbocycles. The first-order valence-electron chi connectivity index (χ1n) is 7.88. The minimum Gasteiger partial charge on any atom is -0.492 e. The van der Waals surface area contributed by atoms with E-state index in [-0.39, 0.29) is 0 Å². The topological polar surface area (TPSA) is 66.4 Å². The first-order chi connectivity index (χ1) is 11.3. The monoisotopic (exact) mass is 314 g/mol. The molecule has 2 aromatic rings. The summed E-state index contributed by atoms with van der Waals surface area (Å²) < 4.78 is 5.63. The van der Waals surface area contributed by atoms with Gasteiger partial charge in [0, 0.05) is 26.2 Å². The Kier molecular flexibility index (Phi) is 4.87. The standard InChI is InChI=1S/C16H22N6O/c1-3-23-14-7-5-4-6-13(14)18-15-12-17-20-16(19-15)22-10-8-21(2)9-11-22/h4-7,12H,3,8-11H2,1-2H3,(H,18,19,20). The molecule has 1 N–H and O–H groups in total. The number of piperazine rings is 1. The molecule has 122 valence electrons. The second-order valence-corrected chi connectivity index (χ2v) is 5.49. The zero-order valence-corrected chi connectivity index (χ0v) is 13.6. The molecule has 0 bridgehead atoms. The predicted octanol–water partition coefficient (Wildman–Crippen LogP) is 1.77. The van der Waals surface area contributed by atoms with Crippen LogP contribution in [0.15, 0.2) is 30.5 Å². The highest BCUT2D eigenvalue weighted by Crippen LogP contribution is 2.26. The van der Waals surface area contributed by atoms with Crippen LogP contribution >= 0.6 is 0 Å². The number of benzene rings is 1. The lowest BCUT2D eigenvalue weighted by Gasteiger charge is -2.32. The van der Waals surface area contributed by atoms with E-state index in [0.717, 1.165) is 37.6 Å². The Morgan fingerprint density at radius 1 is 1.17 bits per heavy atom. The zero-order chi connectivity index (χ0) is 16.1. The summed E-state index contributed by atoms with van der Waals surface area (Å²) in [5.74, 6) is 2.13. The molecule has 0 aliphatic carbocycles. The Morgan fingerprint density at radius 3 is 2.74 bits per heavy atom. The van der Waals surface area contributed by atoms with Crippen LogP contribution in [-0.2, 0) is 0 Å². The van der Waals surface area contributed by atoms with Gasteiger partial charge in [0.15, 0.2) is 5.82 Å². The molecular weight excluding hydrogens is 292 g/mol. The van der Waals surface area contributed by atoms with Crippen LogP contribution in [0.1, 0.15) is 6.92 Å². The molecule has 1 saturated heterocycles. The fourth-order valence-electron chi connectivity index (χ4n) is 2.48. The van der Waals surface area contributed by atoms with Gasteiger partial charge in [-0.1, -0.05) is 12.1 Å². The highest BCUT2D eigenvalue weighted by molar-refractivity contribution is 5.64. The van der Waals surface area contributed by atoms with E-state index in [0.29, 0.717) is 18.4 Å². The van der Waals surface area contributed by atoms with Gasteiger partial charge in [-0.2, -0.15) is 10.1 Å². The van der Waals surface area contributed by atoms with Crippen molar-refractivity contribution in [2.24, 2.45) is 0 Å².